The van der Waals surface area contributed by atoms with Crippen LogP contribution >= 0.6 is 35.3 Å². The van der Waals surface area contributed by atoms with Crippen molar-refractivity contribution >= 4 is 41.3 Å². The zero-order valence-corrected chi connectivity index (χ0v) is 14.5. The maximum absolute atomic E-state index is 10.3. The molecule has 4 nitrogen and oxygen atoms in total. The van der Waals surface area contributed by atoms with E-state index in [1.165, 1.54) is 0 Å². The molecule has 0 fully saturated rings. The van der Waals surface area contributed by atoms with Gasteiger partial charge in [0.2, 0.25) is 0 Å². The van der Waals surface area contributed by atoms with Crippen LogP contribution in [0.4, 0.5) is 0 Å². The van der Waals surface area contributed by atoms with Crippen molar-refractivity contribution in [3.63, 3.8) is 0 Å². The number of aliphatic hydroxyl groups is 1. The molecule has 1 heterocycles. The maximum atomic E-state index is 10.3. The maximum Gasteiger partial charge on any atom is 0.193 e. The third kappa shape index (κ3) is 5.11. The minimum Gasteiger partial charge on any atom is -0.383 e. The normalized spacial score (nSPS) is 14.6. The Balaban J connectivity index is 0.00000289. The van der Waals surface area contributed by atoms with Gasteiger partial charge >= 0.3 is 0 Å². The monoisotopic (exact) mass is 383 g/mol. The van der Waals surface area contributed by atoms with Crippen molar-refractivity contribution in [1.29, 1.82) is 0 Å². The van der Waals surface area contributed by atoms with Crippen LogP contribution in [0, 0.1) is 0 Å². The zero-order chi connectivity index (χ0) is 12.9. The molecule has 0 radical (unpaired) electrons. The second-order valence-electron chi connectivity index (χ2n) is 4.32. The van der Waals surface area contributed by atoms with Crippen LogP contribution in [0.2, 0.25) is 0 Å². The summed E-state index contributed by atoms with van der Waals surface area (Å²) in [6.07, 6.45) is 0. The molecule has 6 heteroatoms. The molecular weight excluding hydrogens is 361 g/mol. The van der Waals surface area contributed by atoms with Crippen molar-refractivity contribution in [2.45, 2.75) is 19.4 Å². The van der Waals surface area contributed by atoms with E-state index >= 15 is 0 Å². The van der Waals surface area contributed by atoms with Crippen molar-refractivity contribution in [2.75, 3.05) is 27.2 Å². The van der Waals surface area contributed by atoms with Crippen molar-refractivity contribution in [3.05, 3.63) is 22.4 Å². The fourth-order valence-corrected chi connectivity index (χ4v) is 2.18. The Morgan fingerprint density at radius 3 is 2.67 bits per heavy atom. The lowest BCUT2D eigenvalue weighted by Crippen LogP contribution is -2.37. The van der Waals surface area contributed by atoms with E-state index in [9.17, 15) is 5.11 Å². The molecular formula is C12H22IN3OS. The Bertz CT molecular complexity index is 363. The quantitative estimate of drug-likeness (QED) is 0.476. The van der Waals surface area contributed by atoms with E-state index in [4.69, 9.17) is 0 Å². The smallest absolute Gasteiger partial charge is 0.193 e. The lowest BCUT2D eigenvalue weighted by Gasteiger charge is -2.22. The summed E-state index contributed by atoms with van der Waals surface area (Å²) in [6, 6.07) is 3.87. The second kappa shape index (κ2) is 7.96. The van der Waals surface area contributed by atoms with Crippen LogP contribution in [0.15, 0.2) is 22.5 Å². The molecule has 1 rings (SSSR count). The Labute approximate surface area is 130 Å². The predicted octanol–water partition coefficient (Wildman–Crippen LogP) is 2.10. The van der Waals surface area contributed by atoms with Gasteiger partial charge in [0, 0.05) is 25.5 Å². The van der Waals surface area contributed by atoms with Gasteiger partial charge in [-0.05, 0) is 25.3 Å². The van der Waals surface area contributed by atoms with E-state index in [1.54, 1.807) is 18.3 Å². The molecule has 0 amide bonds. The van der Waals surface area contributed by atoms with E-state index in [1.807, 2.05) is 43.4 Å². The van der Waals surface area contributed by atoms with Gasteiger partial charge in [0.15, 0.2) is 5.96 Å². The van der Waals surface area contributed by atoms with Gasteiger partial charge in [0.05, 0.1) is 6.54 Å². The van der Waals surface area contributed by atoms with Crippen molar-refractivity contribution in [3.8, 4) is 0 Å². The number of thiophene rings is 1. The minimum absolute atomic E-state index is 0. The molecule has 2 N–H and O–H groups in total. The molecule has 0 saturated carbocycles. The summed E-state index contributed by atoms with van der Waals surface area (Å²) in [5.74, 6) is 0.796. The van der Waals surface area contributed by atoms with Gasteiger partial charge in [-0.15, -0.1) is 35.3 Å². The fraction of sp³-hybridized carbons (Fsp3) is 0.583. The minimum atomic E-state index is -0.898. The standard InChI is InChI=1S/C12H21N3OS.HI/c1-5-13-11(15(3)4)14-9-12(2,16)10-7-6-8-17-10;/h6-8,16H,5,9H2,1-4H3,(H,13,14);1H. The van der Waals surface area contributed by atoms with Gasteiger partial charge in [-0.2, -0.15) is 0 Å². The van der Waals surface area contributed by atoms with Crippen LogP contribution in [-0.4, -0.2) is 43.2 Å². The lowest BCUT2D eigenvalue weighted by atomic mass is 10.1. The average molecular weight is 383 g/mol. The SMILES string of the molecule is CCNC(=NCC(C)(O)c1cccs1)N(C)C.I. The van der Waals surface area contributed by atoms with Crippen LogP contribution in [0.25, 0.3) is 0 Å². The van der Waals surface area contributed by atoms with Crippen LogP contribution in [0.1, 0.15) is 18.7 Å². The summed E-state index contributed by atoms with van der Waals surface area (Å²) < 4.78 is 0. The molecule has 104 valence electrons. The summed E-state index contributed by atoms with van der Waals surface area (Å²) >= 11 is 1.55. The fourth-order valence-electron chi connectivity index (χ4n) is 1.41. The highest BCUT2D eigenvalue weighted by atomic mass is 127. The first-order valence-corrected chi connectivity index (χ1v) is 6.57. The number of rotatable bonds is 4. The number of hydrogen-bond acceptors (Lipinski definition) is 3. The number of halogens is 1. The largest absolute Gasteiger partial charge is 0.383 e. The molecule has 0 bridgehead atoms. The van der Waals surface area contributed by atoms with Crippen molar-refractivity contribution in [2.24, 2.45) is 4.99 Å². The summed E-state index contributed by atoms with van der Waals surface area (Å²) in [4.78, 5) is 7.28. The third-order valence-electron chi connectivity index (χ3n) is 2.35. The Kier molecular flexibility index (Phi) is 7.81. The topological polar surface area (TPSA) is 47.9 Å². The summed E-state index contributed by atoms with van der Waals surface area (Å²) in [6.45, 7) is 4.99. The molecule has 0 spiro atoms. The van der Waals surface area contributed by atoms with Gasteiger partial charge in [0.1, 0.15) is 5.60 Å². The summed E-state index contributed by atoms with van der Waals surface area (Å²) in [7, 11) is 3.86. The van der Waals surface area contributed by atoms with Gasteiger partial charge < -0.3 is 15.3 Å². The lowest BCUT2D eigenvalue weighted by molar-refractivity contribution is 0.0709. The number of nitrogens with one attached hydrogen (secondary N) is 1. The number of nitrogens with zero attached hydrogens (tertiary/aromatic N) is 2. The Morgan fingerprint density at radius 2 is 2.22 bits per heavy atom. The molecule has 18 heavy (non-hydrogen) atoms. The van der Waals surface area contributed by atoms with Gasteiger partial charge in [-0.25, -0.2) is 4.99 Å². The third-order valence-corrected chi connectivity index (χ3v) is 3.47. The highest BCUT2D eigenvalue weighted by molar-refractivity contribution is 14.0. The van der Waals surface area contributed by atoms with E-state index in [0.29, 0.717) is 6.54 Å². The molecule has 0 aliphatic heterocycles. The number of aliphatic imine (C=N–C) groups is 1. The van der Waals surface area contributed by atoms with E-state index in [2.05, 4.69) is 10.3 Å². The zero-order valence-electron chi connectivity index (χ0n) is 11.3. The first-order chi connectivity index (χ1) is 7.97. The van der Waals surface area contributed by atoms with Crippen molar-refractivity contribution in [1.82, 2.24) is 10.2 Å². The molecule has 1 atom stereocenters. The number of hydrogen-bond donors (Lipinski definition) is 2. The molecule has 1 aromatic heterocycles. The highest BCUT2D eigenvalue weighted by Gasteiger charge is 2.24. The molecule has 0 aliphatic rings. The molecule has 0 aliphatic carbocycles. The van der Waals surface area contributed by atoms with Crippen LogP contribution < -0.4 is 5.32 Å². The van der Waals surface area contributed by atoms with Crippen molar-refractivity contribution < 1.29 is 5.11 Å². The van der Waals surface area contributed by atoms with Crippen LogP contribution in [0.5, 0.6) is 0 Å². The van der Waals surface area contributed by atoms with Crippen LogP contribution in [0.3, 0.4) is 0 Å². The first kappa shape index (κ1) is 17.7. The van der Waals surface area contributed by atoms with Gasteiger partial charge in [-0.3, -0.25) is 0 Å². The second-order valence-corrected chi connectivity index (χ2v) is 5.26. The molecule has 0 aromatic carbocycles. The molecule has 1 aromatic rings. The van der Waals surface area contributed by atoms with E-state index < -0.39 is 5.60 Å². The summed E-state index contributed by atoms with van der Waals surface area (Å²) in [5, 5.41) is 15.5. The van der Waals surface area contributed by atoms with E-state index in [0.717, 1.165) is 17.4 Å². The Morgan fingerprint density at radius 1 is 1.56 bits per heavy atom. The highest BCUT2D eigenvalue weighted by Crippen LogP contribution is 2.25. The molecule has 1 unspecified atom stereocenters. The average Bonchev–Trinajstić information content (AvgIpc) is 2.77. The Hall–Kier alpha value is -0.340. The van der Waals surface area contributed by atoms with Crippen LogP contribution in [-0.2, 0) is 5.60 Å². The van der Waals surface area contributed by atoms with Gasteiger partial charge in [-0.1, -0.05) is 6.07 Å². The van der Waals surface area contributed by atoms with E-state index in [-0.39, 0.29) is 24.0 Å². The molecule has 0 saturated heterocycles. The number of guanidine groups is 1. The predicted molar refractivity (Wildman–Crippen MR) is 89.0 cm³/mol. The van der Waals surface area contributed by atoms with Gasteiger partial charge in [0.25, 0.3) is 0 Å². The summed E-state index contributed by atoms with van der Waals surface area (Å²) in [5.41, 5.74) is -0.898. The first-order valence-electron chi connectivity index (χ1n) is 5.69.